The Morgan fingerprint density at radius 1 is 0.733 bits per heavy atom. The summed E-state index contributed by atoms with van der Waals surface area (Å²) < 4.78 is 0. The van der Waals surface area contributed by atoms with Crippen LogP contribution in [-0.2, 0) is 0 Å². The van der Waals surface area contributed by atoms with Crippen LogP contribution in [0.15, 0.2) is 28.0 Å². The fourth-order valence-corrected chi connectivity index (χ4v) is 3.25. The molecule has 0 bridgehead atoms. The summed E-state index contributed by atoms with van der Waals surface area (Å²) in [5.74, 6) is 0.410. The smallest absolute Gasteiger partial charge is 0.117 e. The van der Waals surface area contributed by atoms with E-state index in [-0.39, 0.29) is 0 Å². The van der Waals surface area contributed by atoms with Crippen molar-refractivity contribution in [2.45, 2.75) is 9.79 Å². The van der Waals surface area contributed by atoms with Gasteiger partial charge in [-0.15, -0.1) is 0 Å². The highest BCUT2D eigenvalue weighted by atomic mass is 32.3. The van der Waals surface area contributed by atoms with Crippen LogP contribution < -0.4 is 0 Å². The van der Waals surface area contributed by atoms with Crippen molar-refractivity contribution in [1.29, 1.82) is 0 Å². The summed E-state index contributed by atoms with van der Waals surface area (Å²) in [5.41, 5.74) is 0. The van der Waals surface area contributed by atoms with Crippen LogP contribution >= 0.6 is 20.1 Å². The first-order chi connectivity index (χ1) is 6.60. The molecule has 0 spiro atoms. The molecule has 0 aliphatic carbocycles. The summed E-state index contributed by atoms with van der Waals surface area (Å²) >= 11 is 0. The number of aromatic hydroxyl groups is 1. The quantitative estimate of drug-likeness (QED) is 0.847. The zero-order chi connectivity index (χ0) is 11.9. The van der Waals surface area contributed by atoms with E-state index in [1.54, 1.807) is 0 Å². The van der Waals surface area contributed by atoms with Crippen LogP contribution in [0.3, 0.4) is 0 Å². The summed E-state index contributed by atoms with van der Waals surface area (Å²) in [4.78, 5) is 2.58. The van der Waals surface area contributed by atoms with E-state index in [1.165, 1.54) is 9.79 Å². The molecule has 15 heavy (non-hydrogen) atoms. The average Bonchev–Trinajstić information content (AvgIpc) is 1.99. The van der Waals surface area contributed by atoms with Gasteiger partial charge < -0.3 is 5.11 Å². The maximum absolute atomic E-state index is 9.75. The van der Waals surface area contributed by atoms with Crippen LogP contribution in [0.4, 0.5) is 0 Å². The molecule has 0 saturated heterocycles. The molecule has 3 heteroatoms. The Morgan fingerprint density at radius 2 is 1.07 bits per heavy atom. The molecule has 0 unspecified atom stereocenters. The van der Waals surface area contributed by atoms with Gasteiger partial charge in [-0.25, -0.2) is 20.1 Å². The van der Waals surface area contributed by atoms with Crippen LogP contribution in [0.2, 0.25) is 0 Å². The normalized spacial score (nSPS) is 15.1. The molecular formula is C12H22OS2. The molecule has 0 aromatic heterocycles. The minimum absolute atomic E-state index is 0.410. The van der Waals surface area contributed by atoms with Gasteiger partial charge in [-0.2, -0.15) is 0 Å². The standard InChI is InChI=1S/C12H22OS2/c1-14(2,3)11-7-10(13)8-12(9-11)15(4,5)6/h7-9,13H,1-6H3. The minimum Gasteiger partial charge on any atom is -0.508 e. The largest absolute Gasteiger partial charge is 0.508 e. The molecule has 0 atom stereocenters. The molecular weight excluding hydrogens is 224 g/mol. The minimum atomic E-state index is -0.755. The monoisotopic (exact) mass is 246 g/mol. The Labute approximate surface area is 96.5 Å². The van der Waals surface area contributed by atoms with Crippen LogP contribution in [0.5, 0.6) is 5.75 Å². The number of hydrogen-bond donors (Lipinski definition) is 1. The van der Waals surface area contributed by atoms with Crippen molar-refractivity contribution < 1.29 is 5.11 Å². The number of benzene rings is 1. The molecule has 1 aromatic carbocycles. The second-order valence-corrected chi connectivity index (χ2v) is 13.6. The third-order valence-electron chi connectivity index (χ3n) is 2.28. The molecule has 1 N–H and O–H groups in total. The van der Waals surface area contributed by atoms with Gasteiger partial charge in [0.1, 0.15) is 5.75 Å². The number of phenols is 1. The molecule has 0 aliphatic rings. The lowest BCUT2D eigenvalue weighted by Crippen LogP contribution is -1.97. The fraction of sp³-hybridized carbons (Fsp3) is 0.500. The molecule has 0 aliphatic heterocycles. The Hall–Kier alpha value is -0.280. The summed E-state index contributed by atoms with van der Waals surface area (Å²) in [6.07, 6.45) is 13.5. The predicted octanol–water partition coefficient (Wildman–Crippen LogP) is 3.50. The van der Waals surface area contributed by atoms with Gasteiger partial charge in [0.15, 0.2) is 0 Å². The Bertz CT molecular complexity index is 327. The van der Waals surface area contributed by atoms with Gasteiger partial charge in [-0.05, 0) is 65.5 Å². The third kappa shape index (κ3) is 3.35. The van der Waals surface area contributed by atoms with Gasteiger partial charge in [0.05, 0.1) is 0 Å². The van der Waals surface area contributed by atoms with Crippen molar-refractivity contribution in [2.24, 2.45) is 0 Å². The summed E-state index contributed by atoms with van der Waals surface area (Å²) in [6.45, 7) is 0. The van der Waals surface area contributed by atoms with Crippen LogP contribution in [0, 0.1) is 0 Å². The Kier molecular flexibility index (Phi) is 3.36. The number of hydrogen-bond acceptors (Lipinski definition) is 1. The van der Waals surface area contributed by atoms with Gasteiger partial charge >= 0.3 is 0 Å². The van der Waals surface area contributed by atoms with Gasteiger partial charge in [0.2, 0.25) is 0 Å². The highest BCUT2D eigenvalue weighted by Crippen LogP contribution is 2.52. The second-order valence-electron chi connectivity index (χ2n) is 5.34. The highest BCUT2D eigenvalue weighted by molar-refractivity contribution is 8.32. The Morgan fingerprint density at radius 3 is 1.33 bits per heavy atom. The van der Waals surface area contributed by atoms with E-state index in [2.05, 4.69) is 43.6 Å². The molecule has 1 rings (SSSR count). The molecule has 1 nitrogen and oxygen atoms in total. The summed E-state index contributed by atoms with van der Waals surface area (Å²) in [6, 6.07) is 6.08. The molecule has 0 saturated carbocycles. The first-order valence-corrected chi connectivity index (χ1v) is 10.5. The topological polar surface area (TPSA) is 20.2 Å². The molecule has 0 amide bonds. The van der Waals surface area contributed by atoms with E-state index in [0.717, 1.165) is 0 Å². The van der Waals surface area contributed by atoms with E-state index < -0.39 is 20.1 Å². The van der Waals surface area contributed by atoms with Crippen LogP contribution in [0.25, 0.3) is 0 Å². The van der Waals surface area contributed by atoms with E-state index >= 15 is 0 Å². The highest BCUT2D eigenvalue weighted by Gasteiger charge is 2.15. The van der Waals surface area contributed by atoms with Gasteiger partial charge in [-0.1, -0.05) is 0 Å². The average molecular weight is 246 g/mol. The van der Waals surface area contributed by atoms with E-state index in [4.69, 9.17) is 0 Å². The van der Waals surface area contributed by atoms with Gasteiger partial charge in [-0.3, -0.25) is 0 Å². The van der Waals surface area contributed by atoms with Crippen molar-refractivity contribution in [1.82, 2.24) is 0 Å². The zero-order valence-corrected chi connectivity index (χ0v) is 12.1. The molecule has 88 valence electrons. The van der Waals surface area contributed by atoms with E-state index in [1.807, 2.05) is 12.1 Å². The van der Waals surface area contributed by atoms with Gasteiger partial charge in [0, 0.05) is 0 Å². The first kappa shape index (κ1) is 12.8. The van der Waals surface area contributed by atoms with Crippen molar-refractivity contribution >= 4 is 20.1 Å². The SMILES string of the molecule is CS(C)(C)c1cc(O)cc(S(C)(C)C)c1. The van der Waals surface area contributed by atoms with Crippen molar-refractivity contribution in [2.75, 3.05) is 37.5 Å². The molecule has 0 fully saturated rings. The van der Waals surface area contributed by atoms with E-state index in [0.29, 0.717) is 5.75 Å². The third-order valence-corrected chi connectivity index (χ3v) is 5.58. The second kappa shape index (κ2) is 3.95. The summed E-state index contributed by atoms with van der Waals surface area (Å²) in [5, 5.41) is 9.75. The van der Waals surface area contributed by atoms with Crippen molar-refractivity contribution in [3.63, 3.8) is 0 Å². The lowest BCUT2D eigenvalue weighted by molar-refractivity contribution is 0.472. The molecule has 0 radical (unpaired) electrons. The van der Waals surface area contributed by atoms with Crippen LogP contribution in [0.1, 0.15) is 0 Å². The Balaban J connectivity index is 3.30. The zero-order valence-electron chi connectivity index (χ0n) is 10.5. The van der Waals surface area contributed by atoms with Gasteiger partial charge in [0.25, 0.3) is 0 Å². The molecule has 0 heterocycles. The fourth-order valence-electron chi connectivity index (χ4n) is 1.26. The number of phenolic OH excluding ortho intramolecular Hbond substituents is 1. The maximum atomic E-state index is 9.75. The van der Waals surface area contributed by atoms with E-state index in [9.17, 15) is 5.11 Å². The first-order valence-electron chi connectivity index (χ1n) is 4.81. The van der Waals surface area contributed by atoms with Crippen molar-refractivity contribution in [3.8, 4) is 5.75 Å². The lowest BCUT2D eigenvalue weighted by atomic mass is 10.3. The number of rotatable bonds is 2. The predicted molar refractivity (Wildman–Crippen MR) is 75.4 cm³/mol. The van der Waals surface area contributed by atoms with Crippen molar-refractivity contribution in [3.05, 3.63) is 18.2 Å². The van der Waals surface area contributed by atoms with Crippen LogP contribution in [-0.4, -0.2) is 42.6 Å². The lowest BCUT2D eigenvalue weighted by Gasteiger charge is -2.31. The maximum Gasteiger partial charge on any atom is 0.117 e. The summed E-state index contributed by atoms with van der Waals surface area (Å²) in [7, 11) is -1.51. The molecule has 1 aromatic rings.